The zero-order valence-electron chi connectivity index (χ0n) is 15.1. The van der Waals surface area contributed by atoms with Gasteiger partial charge in [-0.25, -0.2) is 0 Å². The first-order chi connectivity index (χ1) is 11.5. The molecule has 0 fully saturated rings. The SMILES string of the molecule is CCC=CC(CCC(CCCCC)C1=C(O)C(=O)C=CC1=O)OC. The van der Waals surface area contributed by atoms with Crippen LogP contribution in [0.2, 0.25) is 0 Å². The molecule has 0 radical (unpaired) electrons. The molecule has 0 bridgehead atoms. The van der Waals surface area contributed by atoms with E-state index in [2.05, 4.69) is 19.9 Å². The fourth-order valence-electron chi connectivity index (χ4n) is 2.98. The third kappa shape index (κ3) is 6.08. The molecule has 0 heterocycles. The van der Waals surface area contributed by atoms with Gasteiger partial charge in [-0.2, -0.15) is 0 Å². The Hall–Kier alpha value is -1.68. The van der Waals surface area contributed by atoms with Crippen LogP contribution < -0.4 is 0 Å². The van der Waals surface area contributed by atoms with E-state index in [9.17, 15) is 14.7 Å². The van der Waals surface area contributed by atoms with Gasteiger partial charge in [0.15, 0.2) is 11.5 Å². The van der Waals surface area contributed by atoms with E-state index in [1.54, 1.807) is 7.11 Å². The molecular weight excluding hydrogens is 304 g/mol. The molecule has 0 saturated heterocycles. The molecular formula is C20H30O4. The summed E-state index contributed by atoms with van der Waals surface area (Å²) in [5.41, 5.74) is 0.285. The molecule has 1 N–H and O–H groups in total. The zero-order valence-corrected chi connectivity index (χ0v) is 15.1. The molecule has 0 aromatic heterocycles. The molecule has 1 aliphatic carbocycles. The number of hydrogen-bond acceptors (Lipinski definition) is 4. The number of unbranched alkanes of at least 4 members (excludes halogenated alkanes) is 2. The summed E-state index contributed by atoms with van der Waals surface area (Å²) in [6.45, 7) is 4.19. The predicted octanol–water partition coefficient (Wildman–Crippen LogP) is 4.46. The van der Waals surface area contributed by atoms with Crippen LogP contribution in [0.4, 0.5) is 0 Å². The third-order valence-electron chi connectivity index (χ3n) is 4.39. The van der Waals surface area contributed by atoms with Crippen molar-refractivity contribution in [2.45, 2.75) is 64.9 Å². The molecule has 0 aromatic rings. The fourth-order valence-corrected chi connectivity index (χ4v) is 2.98. The quantitative estimate of drug-likeness (QED) is 0.344. The Morgan fingerprint density at radius 2 is 1.79 bits per heavy atom. The van der Waals surface area contributed by atoms with Crippen molar-refractivity contribution in [3.63, 3.8) is 0 Å². The molecule has 0 spiro atoms. The summed E-state index contributed by atoms with van der Waals surface area (Å²) in [5.74, 6) is -1.20. The van der Waals surface area contributed by atoms with Crippen molar-refractivity contribution >= 4 is 11.6 Å². The van der Waals surface area contributed by atoms with E-state index in [-0.39, 0.29) is 29.1 Å². The van der Waals surface area contributed by atoms with Crippen molar-refractivity contribution in [3.8, 4) is 0 Å². The second-order valence-corrected chi connectivity index (χ2v) is 6.20. The molecule has 1 rings (SSSR count). The van der Waals surface area contributed by atoms with Crippen LogP contribution in [0.5, 0.6) is 0 Å². The summed E-state index contributed by atoms with van der Waals surface area (Å²) in [5, 5.41) is 10.1. The first-order valence-electron chi connectivity index (χ1n) is 8.94. The summed E-state index contributed by atoms with van der Waals surface area (Å²) in [6.07, 6.45) is 12.9. The molecule has 134 valence electrons. The highest BCUT2D eigenvalue weighted by molar-refractivity contribution is 6.19. The molecule has 4 heteroatoms. The maximum absolute atomic E-state index is 12.2. The minimum Gasteiger partial charge on any atom is -0.504 e. The lowest BCUT2D eigenvalue weighted by Gasteiger charge is -2.23. The van der Waals surface area contributed by atoms with Gasteiger partial charge in [0.1, 0.15) is 0 Å². The van der Waals surface area contributed by atoms with E-state index in [0.29, 0.717) is 6.42 Å². The largest absolute Gasteiger partial charge is 0.504 e. The number of allylic oxidation sites excluding steroid dienone is 4. The average molecular weight is 334 g/mol. The predicted molar refractivity (Wildman–Crippen MR) is 95.9 cm³/mol. The van der Waals surface area contributed by atoms with Gasteiger partial charge >= 0.3 is 0 Å². The van der Waals surface area contributed by atoms with Crippen LogP contribution in [-0.4, -0.2) is 29.9 Å². The van der Waals surface area contributed by atoms with Crippen molar-refractivity contribution in [1.29, 1.82) is 0 Å². The molecule has 0 aliphatic heterocycles. The van der Waals surface area contributed by atoms with E-state index >= 15 is 0 Å². The highest BCUT2D eigenvalue weighted by Gasteiger charge is 2.29. The van der Waals surface area contributed by atoms with Gasteiger partial charge in [-0.05, 0) is 43.8 Å². The van der Waals surface area contributed by atoms with Crippen LogP contribution in [0.3, 0.4) is 0 Å². The lowest BCUT2D eigenvalue weighted by molar-refractivity contribution is -0.117. The number of ether oxygens (including phenoxy) is 1. The number of ketones is 2. The van der Waals surface area contributed by atoms with Crippen molar-refractivity contribution in [2.24, 2.45) is 5.92 Å². The van der Waals surface area contributed by atoms with Gasteiger partial charge in [0.2, 0.25) is 5.78 Å². The van der Waals surface area contributed by atoms with Gasteiger partial charge in [-0.3, -0.25) is 9.59 Å². The highest BCUT2D eigenvalue weighted by atomic mass is 16.5. The first kappa shape index (κ1) is 20.4. The normalized spacial score (nSPS) is 17.8. The molecule has 0 aromatic carbocycles. The Bertz CT molecular complexity index is 514. The van der Waals surface area contributed by atoms with Gasteiger partial charge in [0.25, 0.3) is 0 Å². The van der Waals surface area contributed by atoms with E-state index in [1.807, 2.05) is 6.08 Å². The maximum Gasteiger partial charge on any atom is 0.220 e. The second kappa shape index (κ2) is 11.0. The van der Waals surface area contributed by atoms with E-state index in [1.165, 1.54) is 6.08 Å². The molecule has 2 unspecified atom stereocenters. The zero-order chi connectivity index (χ0) is 17.9. The van der Waals surface area contributed by atoms with Crippen molar-refractivity contribution < 1.29 is 19.4 Å². The lowest BCUT2D eigenvalue weighted by atomic mass is 9.82. The molecule has 4 nitrogen and oxygen atoms in total. The summed E-state index contributed by atoms with van der Waals surface area (Å²) in [4.78, 5) is 23.9. The van der Waals surface area contributed by atoms with Gasteiger partial charge in [-0.15, -0.1) is 0 Å². The Kier molecular flexibility index (Phi) is 9.31. The Labute approximate surface area is 145 Å². The molecule has 1 aliphatic rings. The Morgan fingerprint density at radius 3 is 2.42 bits per heavy atom. The van der Waals surface area contributed by atoms with Crippen LogP contribution in [0.1, 0.15) is 58.8 Å². The number of methoxy groups -OCH3 is 1. The Morgan fingerprint density at radius 1 is 1.08 bits per heavy atom. The fraction of sp³-hybridized carbons (Fsp3) is 0.600. The Balaban J connectivity index is 2.87. The van der Waals surface area contributed by atoms with Crippen molar-refractivity contribution in [1.82, 2.24) is 0 Å². The van der Waals surface area contributed by atoms with Crippen LogP contribution in [0.15, 0.2) is 35.6 Å². The van der Waals surface area contributed by atoms with E-state index in [0.717, 1.165) is 44.6 Å². The van der Waals surface area contributed by atoms with Crippen LogP contribution in [-0.2, 0) is 14.3 Å². The topological polar surface area (TPSA) is 63.6 Å². The molecule has 24 heavy (non-hydrogen) atoms. The third-order valence-corrected chi connectivity index (χ3v) is 4.39. The van der Waals surface area contributed by atoms with Crippen molar-refractivity contribution in [3.05, 3.63) is 35.6 Å². The number of aliphatic hydroxyl groups is 1. The summed E-state index contributed by atoms with van der Waals surface area (Å²) in [6, 6.07) is 0. The monoisotopic (exact) mass is 334 g/mol. The molecule has 0 amide bonds. The maximum atomic E-state index is 12.2. The average Bonchev–Trinajstić information content (AvgIpc) is 2.58. The van der Waals surface area contributed by atoms with Crippen LogP contribution in [0.25, 0.3) is 0 Å². The smallest absolute Gasteiger partial charge is 0.220 e. The molecule has 0 saturated carbocycles. The number of hydrogen-bond donors (Lipinski definition) is 1. The van der Waals surface area contributed by atoms with Crippen LogP contribution in [0, 0.1) is 5.92 Å². The number of carbonyl (C=O) groups excluding carboxylic acids is 2. The second-order valence-electron chi connectivity index (χ2n) is 6.20. The van der Waals surface area contributed by atoms with Crippen LogP contribution >= 0.6 is 0 Å². The summed E-state index contributed by atoms with van der Waals surface area (Å²) in [7, 11) is 1.67. The summed E-state index contributed by atoms with van der Waals surface area (Å²) < 4.78 is 5.46. The number of aliphatic hydroxyl groups excluding tert-OH is 1. The minimum absolute atomic E-state index is 0.00805. The number of carbonyl (C=O) groups is 2. The van der Waals surface area contributed by atoms with Gasteiger partial charge in [0, 0.05) is 12.7 Å². The molecule has 2 atom stereocenters. The van der Waals surface area contributed by atoms with Gasteiger partial charge < -0.3 is 9.84 Å². The van der Waals surface area contributed by atoms with Gasteiger partial charge in [0.05, 0.1) is 6.10 Å². The van der Waals surface area contributed by atoms with E-state index < -0.39 is 5.78 Å². The van der Waals surface area contributed by atoms with Gasteiger partial charge in [-0.1, -0.05) is 45.3 Å². The standard InChI is InChI=1S/C20H30O4/c1-4-6-8-9-15(11-12-16(24-3)10-7-5-2)19-17(21)13-14-18(22)20(19)23/h7,10,13-16,23H,4-6,8-9,11-12H2,1-3H3. The minimum atomic E-state index is -0.473. The van der Waals surface area contributed by atoms with E-state index in [4.69, 9.17) is 4.74 Å². The van der Waals surface area contributed by atoms with Crippen molar-refractivity contribution in [2.75, 3.05) is 7.11 Å². The number of rotatable bonds is 11. The lowest BCUT2D eigenvalue weighted by Crippen LogP contribution is -2.22. The summed E-state index contributed by atoms with van der Waals surface area (Å²) >= 11 is 0. The first-order valence-corrected chi connectivity index (χ1v) is 8.94. The highest BCUT2D eigenvalue weighted by Crippen LogP contribution is 2.30.